The molecular formula is C21H21N3O3S. The minimum atomic E-state index is -0.178. The van der Waals surface area contributed by atoms with Crippen LogP contribution in [0.25, 0.3) is 11.5 Å². The maximum atomic E-state index is 12.8. The number of ether oxygens (including phenoxy) is 1. The van der Waals surface area contributed by atoms with Crippen molar-refractivity contribution in [1.29, 1.82) is 0 Å². The largest absolute Gasteiger partial charge is 0.372 e. The van der Waals surface area contributed by atoms with Crippen LogP contribution in [0.4, 0.5) is 5.69 Å². The Kier molecular flexibility index (Phi) is 4.49. The first-order valence-electron chi connectivity index (χ1n) is 9.60. The molecule has 1 N–H and O–H groups in total. The fraction of sp³-hybridized carbons (Fsp3) is 0.381. The number of benzene rings is 1. The van der Waals surface area contributed by atoms with Gasteiger partial charge in [0.05, 0.1) is 24.3 Å². The van der Waals surface area contributed by atoms with E-state index < -0.39 is 0 Å². The van der Waals surface area contributed by atoms with Crippen LogP contribution >= 0.6 is 11.3 Å². The number of nitrogens with one attached hydrogen (secondary N) is 1. The second-order valence-electron chi connectivity index (χ2n) is 7.45. The van der Waals surface area contributed by atoms with E-state index >= 15 is 0 Å². The van der Waals surface area contributed by atoms with Crippen LogP contribution in [0.1, 0.15) is 53.1 Å². The number of fused-ring (bicyclic) bond motifs is 1. The molecule has 0 spiro atoms. The molecule has 0 radical (unpaired) electrons. The van der Waals surface area contributed by atoms with Gasteiger partial charge in [-0.05, 0) is 55.3 Å². The molecule has 1 saturated carbocycles. The number of carbonyl (C=O) groups excluding carboxylic acids is 1. The Hall–Kier alpha value is -2.51. The van der Waals surface area contributed by atoms with E-state index in [-0.39, 0.29) is 18.4 Å². The molecule has 0 bridgehead atoms. The minimum absolute atomic E-state index is 0.0849. The zero-order chi connectivity index (χ0) is 19.1. The summed E-state index contributed by atoms with van der Waals surface area (Å²) in [6.45, 7) is 2.66. The van der Waals surface area contributed by atoms with Gasteiger partial charge in [0.25, 0.3) is 5.89 Å². The van der Waals surface area contributed by atoms with Crippen LogP contribution < -0.4 is 5.32 Å². The Morgan fingerprint density at radius 3 is 3.07 bits per heavy atom. The number of nitrogens with zero attached hydrogens (tertiary/aromatic N) is 2. The Bertz CT molecular complexity index is 1020. The van der Waals surface area contributed by atoms with Crippen LogP contribution in [0.5, 0.6) is 0 Å². The van der Waals surface area contributed by atoms with Crippen molar-refractivity contribution in [2.75, 3.05) is 11.9 Å². The predicted octanol–water partition coefficient (Wildman–Crippen LogP) is 4.63. The molecule has 3 heterocycles. The van der Waals surface area contributed by atoms with Crippen molar-refractivity contribution in [3.63, 3.8) is 0 Å². The first kappa shape index (κ1) is 17.6. The van der Waals surface area contributed by atoms with E-state index in [1.54, 1.807) is 11.3 Å². The molecule has 5 rings (SSSR count). The Morgan fingerprint density at radius 2 is 2.21 bits per heavy atom. The first-order valence-corrected chi connectivity index (χ1v) is 10.5. The fourth-order valence-corrected chi connectivity index (χ4v) is 4.54. The topological polar surface area (TPSA) is 77.2 Å². The third-order valence-electron chi connectivity index (χ3n) is 5.20. The number of aryl methyl sites for hydroxylation is 1. The SMILES string of the molecule is Cc1ccc(NC(=O)CC2OCCc3ccsc32)c(-c2nc(C3CC3)no2)c1. The summed E-state index contributed by atoms with van der Waals surface area (Å²) >= 11 is 1.66. The second kappa shape index (κ2) is 7.14. The van der Waals surface area contributed by atoms with Gasteiger partial charge >= 0.3 is 0 Å². The molecule has 144 valence electrons. The van der Waals surface area contributed by atoms with E-state index in [1.807, 2.05) is 25.1 Å². The molecule has 1 atom stereocenters. The molecule has 2 aliphatic rings. The highest BCUT2D eigenvalue weighted by molar-refractivity contribution is 7.10. The standard InChI is InChI=1S/C21H21N3O3S/c1-12-2-5-16(15(10-12)21-23-20(24-27-21)14-3-4-14)22-18(25)11-17-19-13(6-8-26-17)7-9-28-19/h2,5,7,9-10,14,17H,3-4,6,8,11H2,1H3,(H,22,25). The summed E-state index contributed by atoms with van der Waals surface area (Å²) < 4.78 is 11.3. The average molecular weight is 395 g/mol. The lowest BCUT2D eigenvalue weighted by Crippen LogP contribution is -2.21. The molecule has 1 amide bonds. The van der Waals surface area contributed by atoms with E-state index in [9.17, 15) is 4.79 Å². The molecular weight excluding hydrogens is 374 g/mol. The van der Waals surface area contributed by atoms with Crippen molar-refractivity contribution in [3.8, 4) is 11.5 Å². The third-order valence-corrected chi connectivity index (χ3v) is 6.25. The van der Waals surface area contributed by atoms with Gasteiger partial charge in [0.15, 0.2) is 5.82 Å². The van der Waals surface area contributed by atoms with Crippen molar-refractivity contribution in [3.05, 3.63) is 51.5 Å². The number of hydrogen-bond donors (Lipinski definition) is 1. The molecule has 2 aromatic heterocycles. The van der Waals surface area contributed by atoms with Gasteiger partial charge in [0, 0.05) is 10.8 Å². The van der Waals surface area contributed by atoms with Gasteiger partial charge in [-0.15, -0.1) is 11.3 Å². The van der Waals surface area contributed by atoms with Crippen LogP contribution in [0.3, 0.4) is 0 Å². The number of anilines is 1. The normalized spacial score (nSPS) is 18.7. The van der Waals surface area contributed by atoms with Crippen molar-refractivity contribution in [2.24, 2.45) is 0 Å². The summed E-state index contributed by atoms with van der Waals surface area (Å²) in [5, 5.41) is 9.18. The van der Waals surface area contributed by atoms with Gasteiger partial charge in [-0.25, -0.2) is 0 Å². The fourth-order valence-electron chi connectivity index (χ4n) is 3.54. The number of rotatable bonds is 5. The quantitative estimate of drug-likeness (QED) is 0.682. The van der Waals surface area contributed by atoms with Crippen molar-refractivity contribution in [2.45, 2.75) is 44.6 Å². The number of thiophene rings is 1. The van der Waals surface area contributed by atoms with Gasteiger partial charge in [0.2, 0.25) is 5.91 Å². The number of carbonyl (C=O) groups is 1. The van der Waals surface area contributed by atoms with Gasteiger partial charge in [-0.2, -0.15) is 4.98 Å². The molecule has 3 aromatic rings. The van der Waals surface area contributed by atoms with Crippen LogP contribution in [0.15, 0.2) is 34.2 Å². The zero-order valence-corrected chi connectivity index (χ0v) is 16.4. The Morgan fingerprint density at radius 1 is 1.32 bits per heavy atom. The van der Waals surface area contributed by atoms with E-state index in [0.717, 1.165) is 41.1 Å². The molecule has 1 unspecified atom stereocenters. The summed E-state index contributed by atoms with van der Waals surface area (Å²) in [6, 6.07) is 7.94. The monoisotopic (exact) mass is 395 g/mol. The zero-order valence-electron chi connectivity index (χ0n) is 15.6. The van der Waals surface area contributed by atoms with E-state index in [1.165, 1.54) is 5.56 Å². The lowest BCUT2D eigenvalue weighted by Gasteiger charge is -2.22. The molecule has 1 aliphatic carbocycles. The molecule has 28 heavy (non-hydrogen) atoms. The maximum absolute atomic E-state index is 12.8. The van der Waals surface area contributed by atoms with E-state index in [2.05, 4.69) is 26.9 Å². The van der Waals surface area contributed by atoms with Crippen LogP contribution in [-0.2, 0) is 16.0 Å². The number of aromatic nitrogens is 2. The van der Waals surface area contributed by atoms with Crippen LogP contribution in [-0.4, -0.2) is 22.7 Å². The lowest BCUT2D eigenvalue weighted by molar-refractivity contribution is -0.119. The van der Waals surface area contributed by atoms with Gasteiger partial charge < -0.3 is 14.6 Å². The van der Waals surface area contributed by atoms with Crippen molar-refractivity contribution < 1.29 is 14.1 Å². The highest BCUT2D eigenvalue weighted by Crippen LogP contribution is 2.40. The molecule has 1 fully saturated rings. The van der Waals surface area contributed by atoms with Crippen molar-refractivity contribution >= 4 is 22.9 Å². The van der Waals surface area contributed by atoms with E-state index in [0.29, 0.717) is 24.1 Å². The summed E-state index contributed by atoms with van der Waals surface area (Å²) in [5.41, 5.74) is 3.81. The molecule has 0 saturated heterocycles. The van der Waals surface area contributed by atoms with E-state index in [4.69, 9.17) is 9.26 Å². The maximum Gasteiger partial charge on any atom is 0.260 e. The molecule has 1 aliphatic heterocycles. The molecule has 7 heteroatoms. The minimum Gasteiger partial charge on any atom is -0.372 e. The first-order chi connectivity index (χ1) is 13.7. The van der Waals surface area contributed by atoms with Crippen LogP contribution in [0, 0.1) is 6.92 Å². The highest BCUT2D eigenvalue weighted by atomic mass is 32.1. The van der Waals surface area contributed by atoms with Gasteiger partial charge in [-0.1, -0.05) is 16.8 Å². The predicted molar refractivity (Wildman–Crippen MR) is 106 cm³/mol. The summed E-state index contributed by atoms with van der Waals surface area (Å²) in [6.07, 6.45) is 3.25. The van der Waals surface area contributed by atoms with Crippen LogP contribution in [0.2, 0.25) is 0 Å². The summed E-state index contributed by atoms with van der Waals surface area (Å²) in [7, 11) is 0. The van der Waals surface area contributed by atoms with Gasteiger partial charge in [-0.3, -0.25) is 4.79 Å². The third kappa shape index (κ3) is 3.47. The number of amides is 1. The molecule has 6 nitrogen and oxygen atoms in total. The average Bonchev–Trinajstić information content (AvgIpc) is 3.22. The Labute approximate surface area is 166 Å². The van der Waals surface area contributed by atoms with Crippen molar-refractivity contribution in [1.82, 2.24) is 10.1 Å². The molecule has 1 aromatic carbocycles. The summed E-state index contributed by atoms with van der Waals surface area (Å²) in [5.74, 6) is 1.55. The highest BCUT2D eigenvalue weighted by Gasteiger charge is 2.30. The Balaban J connectivity index is 1.36. The summed E-state index contributed by atoms with van der Waals surface area (Å²) in [4.78, 5) is 18.5. The lowest BCUT2D eigenvalue weighted by atomic mass is 10.0. The number of hydrogen-bond acceptors (Lipinski definition) is 6. The smallest absolute Gasteiger partial charge is 0.260 e. The van der Waals surface area contributed by atoms with Gasteiger partial charge in [0.1, 0.15) is 6.10 Å². The second-order valence-corrected chi connectivity index (χ2v) is 8.40.